The van der Waals surface area contributed by atoms with E-state index in [-0.39, 0.29) is 5.41 Å². The number of hydrogen-bond acceptors (Lipinski definition) is 1. The number of benzene rings is 5. The van der Waals surface area contributed by atoms with Crippen LogP contribution in [0.5, 0.6) is 0 Å². The van der Waals surface area contributed by atoms with Crippen LogP contribution in [-0.2, 0) is 5.41 Å². The summed E-state index contributed by atoms with van der Waals surface area (Å²) in [5, 5.41) is 7.43. The quantitative estimate of drug-likeness (QED) is 0.157. The van der Waals surface area contributed by atoms with E-state index in [4.69, 9.17) is 0 Å². The molecule has 0 saturated heterocycles. The number of rotatable bonds is 1. The topological polar surface area (TPSA) is 17.1 Å². The van der Waals surface area contributed by atoms with Crippen LogP contribution in [0, 0.1) is 11.8 Å². The molecule has 0 bridgehead atoms. The number of carbonyl (C=O) groups excluding carboxylic acids is 1. The molecule has 32 heavy (non-hydrogen) atoms. The molecule has 0 atom stereocenters. The lowest BCUT2D eigenvalue weighted by Gasteiger charge is -2.19. The second kappa shape index (κ2) is 7.66. The van der Waals surface area contributed by atoms with E-state index in [0.29, 0.717) is 5.56 Å². The lowest BCUT2D eigenvalue weighted by atomic mass is 9.85. The van der Waals surface area contributed by atoms with Gasteiger partial charge >= 0.3 is 0 Å². The molecule has 154 valence electrons. The van der Waals surface area contributed by atoms with Gasteiger partial charge in [0.15, 0.2) is 6.29 Å². The molecule has 0 aliphatic carbocycles. The third-order valence-corrected chi connectivity index (χ3v) is 6.13. The molecular formula is C31H24O. The minimum atomic E-state index is 0.000759. The molecule has 0 N–H and O–H groups in total. The average molecular weight is 413 g/mol. The normalized spacial score (nSPS) is 11.5. The van der Waals surface area contributed by atoms with Gasteiger partial charge in [0, 0.05) is 16.7 Å². The lowest BCUT2D eigenvalue weighted by Crippen LogP contribution is -2.11. The first kappa shape index (κ1) is 20.0. The Kier molecular flexibility index (Phi) is 4.80. The summed E-state index contributed by atoms with van der Waals surface area (Å²) in [5.74, 6) is 6.57. The zero-order valence-corrected chi connectivity index (χ0v) is 18.6. The molecule has 0 fully saturated rings. The van der Waals surface area contributed by atoms with Gasteiger partial charge in [-0.05, 0) is 61.5 Å². The highest BCUT2D eigenvalue weighted by atomic mass is 16.1. The summed E-state index contributed by atoms with van der Waals surface area (Å²) in [7, 11) is 0. The number of hydrogen-bond donors (Lipinski definition) is 0. The predicted octanol–water partition coefficient (Wildman–Crippen LogP) is 7.66. The van der Waals surface area contributed by atoms with Crippen LogP contribution in [0.15, 0.2) is 84.9 Å². The molecule has 0 spiro atoms. The molecule has 0 heterocycles. The van der Waals surface area contributed by atoms with Crippen molar-refractivity contribution in [3.05, 3.63) is 107 Å². The zero-order chi connectivity index (χ0) is 22.3. The van der Waals surface area contributed by atoms with Gasteiger partial charge < -0.3 is 0 Å². The first-order chi connectivity index (χ1) is 15.5. The average Bonchev–Trinajstić information content (AvgIpc) is 2.82. The second-order valence-electron chi connectivity index (χ2n) is 9.27. The summed E-state index contributed by atoms with van der Waals surface area (Å²) < 4.78 is 0. The third kappa shape index (κ3) is 3.45. The Morgan fingerprint density at radius 3 is 1.75 bits per heavy atom. The number of carbonyl (C=O) groups is 1. The van der Waals surface area contributed by atoms with Crippen LogP contribution < -0.4 is 0 Å². The lowest BCUT2D eigenvalue weighted by molar-refractivity contribution is 0.112. The van der Waals surface area contributed by atoms with Gasteiger partial charge in [-0.15, -0.1) is 0 Å². The fraction of sp³-hybridized carbons (Fsp3) is 0.129. The summed E-state index contributed by atoms with van der Waals surface area (Å²) in [6.45, 7) is 6.50. The zero-order valence-electron chi connectivity index (χ0n) is 18.6. The van der Waals surface area contributed by atoms with Gasteiger partial charge in [0.05, 0.1) is 0 Å². The van der Waals surface area contributed by atoms with Gasteiger partial charge in [-0.2, -0.15) is 0 Å². The van der Waals surface area contributed by atoms with Crippen LogP contribution in [0.2, 0.25) is 0 Å². The van der Waals surface area contributed by atoms with Crippen LogP contribution in [0.1, 0.15) is 47.8 Å². The maximum atomic E-state index is 11.6. The molecule has 5 rings (SSSR count). The van der Waals surface area contributed by atoms with Crippen molar-refractivity contribution in [1.82, 2.24) is 0 Å². The Morgan fingerprint density at radius 1 is 0.625 bits per heavy atom. The first-order valence-corrected chi connectivity index (χ1v) is 10.9. The molecule has 1 heteroatoms. The van der Waals surface area contributed by atoms with E-state index >= 15 is 0 Å². The molecule has 5 aromatic rings. The van der Waals surface area contributed by atoms with E-state index in [1.165, 1.54) is 37.9 Å². The highest BCUT2D eigenvalue weighted by Crippen LogP contribution is 2.35. The highest BCUT2D eigenvalue weighted by molar-refractivity contribution is 6.25. The van der Waals surface area contributed by atoms with Crippen LogP contribution in [0.4, 0.5) is 0 Å². The van der Waals surface area contributed by atoms with Crippen molar-refractivity contribution in [2.24, 2.45) is 0 Å². The Labute approximate surface area is 188 Å². The van der Waals surface area contributed by atoms with Gasteiger partial charge in [-0.3, -0.25) is 4.79 Å². The van der Waals surface area contributed by atoms with Gasteiger partial charge in [0.2, 0.25) is 0 Å². The van der Waals surface area contributed by atoms with Gasteiger partial charge in [0.1, 0.15) is 0 Å². The molecule has 0 aromatic heterocycles. The monoisotopic (exact) mass is 412 g/mol. The van der Waals surface area contributed by atoms with Crippen molar-refractivity contribution in [1.29, 1.82) is 0 Å². The van der Waals surface area contributed by atoms with E-state index in [1.807, 2.05) is 18.2 Å². The van der Waals surface area contributed by atoms with Gasteiger partial charge in [-0.25, -0.2) is 0 Å². The van der Waals surface area contributed by atoms with E-state index in [2.05, 4.69) is 99.3 Å². The Hall–Kier alpha value is -3.89. The Balaban J connectivity index is 1.70. The van der Waals surface area contributed by atoms with Gasteiger partial charge in [-0.1, -0.05) is 99.3 Å². The van der Waals surface area contributed by atoms with Crippen molar-refractivity contribution in [3.63, 3.8) is 0 Å². The van der Waals surface area contributed by atoms with Crippen molar-refractivity contribution in [3.8, 4) is 11.8 Å². The Morgan fingerprint density at radius 2 is 1.19 bits per heavy atom. The fourth-order valence-corrected chi connectivity index (χ4v) is 4.36. The Bertz CT molecular complexity index is 1530. The molecule has 0 aliphatic heterocycles. The van der Waals surface area contributed by atoms with E-state index in [1.54, 1.807) is 0 Å². The third-order valence-electron chi connectivity index (χ3n) is 6.13. The summed E-state index contributed by atoms with van der Waals surface area (Å²) >= 11 is 0. The molecule has 1 nitrogen and oxygen atoms in total. The minimum absolute atomic E-state index is 0.000759. The molecule has 5 aromatic carbocycles. The first-order valence-electron chi connectivity index (χ1n) is 10.9. The van der Waals surface area contributed by atoms with Gasteiger partial charge in [0.25, 0.3) is 0 Å². The SMILES string of the molecule is CC(C)(C)c1ccc(C=O)c(C#Cc2ccc3c4ccccc4c4ccccc4c3c2)c1. The van der Waals surface area contributed by atoms with Crippen molar-refractivity contribution >= 4 is 38.6 Å². The largest absolute Gasteiger partial charge is 0.298 e. The highest BCUT2D eigenvalue weighted by Gasteiger charge is 2.15. The fourth-order valence-electron chi connectivity index (χ4n) is 4.36. The summed E-state index contributed by atoms with van der Waals surface area (Å²) in [5.41, 5.74) is 3.51. The molecule has 0 amide bonds. The minimum Gasteiger partial charge on any atom is -0.298 e. The standard InChI is InChI=1S/C31H24O/c1-31(2,3)24-16-15-23(20-32)22(19-24)14-12-21-13-17-29-27-10-5-4-8-25(27)26-9-6-7-11-28(26)30(29)18-21/h4-11,13,15-20H,1-3H3. The summed E-state index contributed by atoms with van der Waals surface area (Å²) in [4.78, 5) is 11.6. The second-order valence-corrected chi connectivity index (χ2v) is 9.27. The maximum absolute atomic E-state index is 11.6. The molecule has 0 unspecified atom stereocenters. The van der Waals surface area contributed by atoms with Crippen LogP contribution in [0.25, 0.3) is 32.3 Å². The molecule has 0 aliphatic rings. The maximum Gasteiger partial charge on any atom is 0.151 e. The molecule has 0 saturated carbocycles. The van der Waals surface area contributed by atoms with Crippen LogP contribution in [-0.4, -0.2) is 6.29 Å². The summed E-state index contributed by atoms with van der Waals surface area (Å²) in [6.07, 6.45) is 0.885. The van der Waals surface area contributed by atoms with E-state index in [0.717, 1.165) is 17.4 Å². The summed E-state index contributed by atoms with van der Waals surface area (Å²) in [6, 6.07) is 29.4. The van der Waals surface area contributed by atoms with Crippen LogP contribution >= 0.6 is 0 Å². The number of fused-ring (bicyclic) bond motifs is 6. The number of aldehydes is 1. The van der Waals surface area contributed by atoms with Crippen molar-refractivity contribution in [2.75, 3.05) is 0 Å². The smallest absolute Gasteiger partial charge is 0.151 e. The van der Waals surface area contributed by atoms with Crippen molar-refractivity contribution in [2.45, 2.75) is 26.2 Å². The van der Waals surface area contributed by atoms with E-state index < -0.39 is 0 Å². The molecule has 0 radical (unpaired) electrons. The van der Waals surface area contributed by atoms with E-state index in [9.17, 15) is 4.79 Å². The van der Waals surface area contributed by atoms with Crippen LogP contribution in [0.3, 0.4) is 0 Å². The predicted molar refractivity (Wildman–Crippen MR) is 135 cm³/mol. The van der Waals surface area contributed by atoms with Crippen molar-refractivity contribution < 1.29 is 4.79 Å². The molecular weight excluding hydrogens is 388 g/mol.